The molecule has 0 aromatic heterocycles. The molecule has 0 heterocycles. The molecule has 5 heteroatoms. The molecule has 4 aromatic carbocycles. The van der Waals surface area contributed by atoms with E-state index in [0.717, 1.165) is 0 Å². The van der Waals surface area contributed by atoms with E-state index < -0.39 is 0 Å². The van der Waals surface area contributed by atoms with Gasteiger partial charge in [-0.25, -0.2) is 48.5 Å². The van der Waals surface area contributed by atoms with Crippen LogP contribution in [0.2, 0.25) is 0 Å². The predicted molar refractivity (Wildman–Crippen MR) is 107 cm³/mol. The molecule has 4 aromatic rings. The van der Waals surface area contributed by atoms with Crippen molar-refractivity contribution in [2.24, 2.45) is 0 Å². The molecular formula is C20H18Fe2S3. The Morgan fingerprint density at radius 3 is 1.04 bits per heavy atom. The van der Waals surface area contributed by atoms with Gasteiger partial charge in [0.1, 0.15) is 0 Å². The van der Waals surface area contributed by atoms with Gasteiger partial charge in [0.05, 0.1) is 0 Å². The van der Waals surface area contributed by atoms with Crippen molar-refractivity contribution in [1.82, 2.24) is 0 Å². The van der Waals surface area contributed by atoms with E-state index in [1.165, 1.54) is 9.79 Å². The number of hydrogen-bond acceptors (Lipinski definition) is 3. The molecule has 132 valence electrons. The minimum absolute atomic E-state index is 0. The Hall–Kier alpha value is -0.511. The van der Waals surface area contributed by atoms with Crippen molar-refractivity contribution in [3.05, 3.63) is 109 Å². The molecule has 0 spiro atoms. The standard InChI is InChI=1S/C10H8S3.2C5H5.2Fe/c1-2-6-9(5-1)11-13-12-10-7-3-4-8-10;2*1-2-4-5-3-1;;/h1-8H;2*1-5H;;/q-2;2*-1;2*+2. The van der Waals surface area contributed by atoms with E-state index in [-0.39, 0.29) is 34.1 Å². The summed E-state index contributed by atoms with van der Waals surface area (Å²) < 4.78 is 0. The van der Waals surface area contributed by atoms with Crippen LogP contribution in [0.3, 0.4) is 0 Å². The number of hydrogen-bond donors (Lipinski definition) is 0. The molecule has 0 aliphatic rings. The van der Waals surface area contributed by atoms with Gasteiger partial charge in [0, 0.05) is 0 Å². The second kappa shape index (κ2) is 16.9. The molecule has 0 saturated carbocycles. The summed E-state index contributed by atoms with van der Waals surface area (Å²) in [5.41, 5.74) is 0. The number of rotatable bonds is 4. The Bertz CT molecular complexity index is 560. The summed E-state index contributed by atoms with van der Waals surface area (Å²) in [4.78, 5) is 2.65. The van der Waals surface area contributed by atoms with Gasteiger partial charge in [-0.15, -0.1) is 21.6 Å². The quantitative estimate of drug-likeness (QED) is 0.175. The first-order chi connectivity index (χ1) is 11.4. The van der Waals surface area contributed by atoms with Crippen molar-refractivity contribution in [3.8, 4) is 0 Å². The van der Waals surface area contributed by atoms with Crippen molar-refractivity contribution in [2.45, 2.75) is 9.79 Å². The molecule has 0 atom stereocenters. The molecule has 0 aliphatic carbocycles. The Balaban J connectivity index is 0.000000400. The van der Waals surface area contributed by atoms with Crippen LogP contribution in [0.5, 0.6) is 0 Å². The van der Waals surface area contributed by atoms with Crippen molar-refractivity contribution >= 4 is 31.4 Å². The van der Waals surface area contributed by atoms with Crippen LogP contribution in [0.4, 0.5) is 0 Å². The van der Waals surface area contributed by atoms with Gasteiger partial charge in [0.15, 0.2) is 0 Å². The summed E-state index contributed by atoms with van der Waals surface area (Å²) >= 11 is 0. The molecule has 0 N–H and O–H groups in total. The Kier molecular flexibility index (Phi) is 16.6. The summed E-state index contributed by atoms with van der Waals surface area (Å²) in [5, 5.41) is 0. The van der Waals surface area contributed by atoms with E-state index in [1.54, 1.807) is 31.4 Å². The van der Waals surface area contributed by atoms with Crippen molar-refractivity contribution < 1.29 is 34.1 Å². The van der Waals surface area contributed by atoms with Crippen LogP contribution in [-0.4, -0.2) is 0 Å². The molecule has 0 saturated heterocycles. The summed E-state index contributed by atoms with van der Waals surface area (Å²) in [6.07, 6.45) is 0. The summed E-state index contributed by atoms with van der Waals surface area (Å²) in [5.74, 6) is 0. The maximum Gasteiger partial charge on any atom is 2.00 e. The zero-order valence-corrected chi connectivity index (χ0v) is 18.0. The molecular weight excluding hydrogens is 448 g/mol. The maximum absolute atomic E-state index is 2.13. The van der Waals surface area contributed by atoms with Crippen LogP contribution < -0.4 is 0 Å². The van der Waals surface area contributed by atoms with Gasteiger partial charge in [-0.2, -0.15) is 60.7 Å². The monoisotopic (exact) mass is 466 g/mol. The fraction of sp³-hybridized carbons (Fsp3) is 0. The molecule has 0 fully saturated rings. The van der Waals surface area contributed by atoms with Gasteiger partial charge in [-0.1, -0.05) is 9.79 Å². The van der Waals surface area contributed by atoms with E-state index in [0.29, 0.717) is 0 Å². The first-order valence-electron chi connectivity index (χ1n) is 7.23. The molecule has 4 rings (SSSR count). The van der Waals surface area contributed by atoms with Crippen LogP contribution in [0, 0.1) is 0 Å². The van der Waals surface area contributed by atoms with Crippen LogP contribution >= 0.6 is 31.4 Å². The van der Waals surface area contributed by atoms with E-state index in [1.807, 2.05) is 60.7 Å². The smallest absolute Gasteiger partial charge is 0.214 e. The minimum Gasteiger partial charge on any atom is -0.214 e. The zero-order valence-electron chi connectivity index (χ0n) is 13.3. The van der Waals surface area contributed by atoms with E-state index >= 15 is 0 Å². The van der Waals surface area contributed by atoms with Gasteiger partial charge in [-0.05, 0) is 9.83 Å². The molecule has 0 aliphatic heterocycles. The predicted octanol–water partition coefficient (Wildman–Crippen LogP) is 7.38. The molecule has 25 heavy (non-hydrogen) atoms. The molecule has 0 bridgehead atoms. The van der Waals surface area contributed by atoms with Crippen molar-refractivity contribution in [3.63, 3.8) is 0 Å². The van der Waals surface area contributed by atoms with Crippen molar-refractivity contribution in [1.29, 1.82) is 0 Å². The minimum atomic E-state index is 0. The zero-order chi connectivity index (χ0) is 16.0. The van der Waals surface area contributed by atoms with E-state index in [2.05, 4.69) is 48.5 Å². The van der Waals surface area contributed by atoms with Gasteiger partial charge >= 0.3 is 34.1 Å². The van der Waals surface area contributed by atoms with Crippen LogP contribution in [0.1, 0.15) is 0 Å². The topological polar surface area (TPSA) is 0 Å². The second-order valence-electron chi connectivity index (χ2n) is 4.40. The molecule has 0 unspecified atom stereocenters. The Labute approximate surface area is 183 Å². The van der Waals surface area contributed by atoms with Gasteiger partial charge < -0.3 is 0 Å². The van der Waals surface area contributed by atoms with E-state index in [4.69, 9.17) is 0 Å². The normalized spacial score (nSPS) is 8.64. The first-order valence-corrected chi connectivity index (χ1v) is 10.7. The van der Waals surface area contributed by atoms with Gasteiger partial charge in [0.2, 0.25) is 0 Å². The first kappa shape index (κ1) is 24.5. The van der Waals surface area contributed by atoms with Gasteiger partial charge in [0.25, 0.3) is 0 Å². The summed E-state index contributed by atoms with van der Waals surface area (Å²) in [6, 6.07) is 36.8. The fourth-order valence-corrected chi connectivity index (χ4v) is 5.25. The molecule has 0 radical (unpaired) electrons. The Morgan fingerprint density at radius 1 is 0.480 bits per heavy atom. The molecule has 0 amide bonds. The van der Waals surface area contributed by atoms with Crippen LogP contribution in [0.25, 0.3) is 0 Å². The van der Waals surface area contributed by atoms with Crippen LogP contribution in [0.15, 0.2) is 119 Å². The largest absolute Gasteiger partial charge is 2.00 e. The summed E-state index contributed by atoms with van der Waals surface area (Å²) in [6.45, 7) is 0. The van der Waals surface area contributed by atoms with Gasteiger partial charge in [-0.3, -0.25) is 0 Å². The SMILES string of the molecule is [Fe+2].[Fe+2].c1cc[c-](SSS[c-]2cccc2)c1.c1cc[cH-]c1.c1cc[cH-]c1. The third-order valence-corrected chi connectivity index (χ3v) is 6.49. The fourth-order valence-electron chi connectivity index (χ4n) is 1.56. The maximum atomic E-state index is 2.13. The van der Waals surface area contributed by atoms with Crippen molar-refractivity contribution in [2.75, 3.05) is 0 Å². The van der Waals surface area contributed by atoms with Crippen LogP contribution in [-0.2, 0) is 34.1 Å². The third-order valence-electron chi connectivity index (χ3n) is 2.64. The summed E-state index contributed by atoms with van der Waals surface area (Å²) in [7, 11) is 5.41. The Morgan fingerprint density at radius 2 is 0.800 bits per heavy atom. The van der Waals surface area contributed by atoms with E-state index in [9.17, 15) is 0 Å². The average Bonchev–Trinajstić information content (AvgIpc) is 3.39. The third kappa shape index (κ3) is 12.5. The second-order valence-corrected chi connectivity index (χ2v) is 8.45. The molecule has 0 nitrogen and oxygen atoms in total. The average molecular weight is 466 g/mol.